The Morgan fingerprint density at radius 2 is 0.618 bits per heavy atom. The second kappa shape index (κ2) is 42.9. The summed E-state index contributed by atoms with van der Waals surface area (Å²) in [6, 6.07) is -5.94. The molecule has 57 heteroatoms. The lowest BCUT2D eigenvalue weighted by atomic mass is 9.93. The van der Waals surface area contributed by atoms with Gasteiger partial charge in [-0.05, 0) is 13.8 Å². The van der Waals surface area contributed by atoms with Crippen molar-refractivity contribution in [2.24, 2.45) is 0 Å². The molecule has 3 amide bonds. The van der Waals surface area contributed by atoms with Gasteiger partial charge in [0.25, 0.3) is 0 Å². The fourth-order valence-electron chi connectivity index (χ4n) is 15.5. The summed E-state index contributed by atoms with van der Waals surface area (Å²) in [6.45, 7) is -3.69. The van der Waals surface area contributed by atoms with E-state index in [4.69, 9.17) is 90.0 Å². The molecule has 0 spiro atoms. The highest BCUT2D eigenvalue weighted by atomic mass is 32.3. The predicted molar refractivity (Wildman–Crippen MR) is 373 cm³/mol. The first kappa shape index (κ1) is 101. The first-order valence-corrected chi connectivity index (χ1v) is 39.9. The van der Waals surface area contributed by atoms with Crippen molar-refractivity contribution in [2.75, 3.05) is 46.2 Å². The van der Waals surface area contributed by atoms with E-state index in [1.165, 1.54) is 6.92 Å². The van der Waals surface area contributed by atoms with Gasteiger partial charge in [-0.25, -0.2) is 8.98 Å². The number of carboxylic acids is 1. The zero-order valence-electron chi connectivity index (χ0n) is 65.4. The molecule has 10 aliphatic heterocycles. The van der Waals surface area contributed by atoms with Gasteiger partial charge in [-0.15, -0.1) is 0 Å². The molecule has 0 aromatic rings. The number of hydrogen-bond donors (Lipinski definition) is 30. The highest BCUT2D eigenvalue weighted by Crippen LogP contribution is 2.42. The van der Waals surface area contributed by atoms with Crippen molar-refractivity contribution in [3.8, 4) is 0 Å². The van der Waals surface area contributed by atoms with Gasteiger partial charge in [0.05, 0.1) is 58.5 Å². The lowest BCUT2D eigenvalue weighted by molar-refractivity contribution is -0.420. The van der Waals surface area contributed by atoms with E-state index < -0.39 is 387 Å². The molecule has 10 aliphatic rings. The maximum atomic E-state index is 13.2. The average molecular weight is 1820 g/mol. The molecular formula is C66H109N3O53S. The van der Waals surface area contributed by atoms with Crippen LogP contribution in [0.3, 0.4) is 0 Å². The number of ether oxygens (including phenoxy) is 19. The largest absolute Gasteiger partial charge is 0.479 e. The van der Waals surface area contributed by atoms with Gasteiger partial charge in [-0.1, -0.05) is 0 Å². The highest BCUT2D eigenvalue weighted by Gasteiger charge is 2.63. The van der Waals surface area contributed by atoms with Crippen LogP contribution < -0.4 is 16.0 Å². The van der Waals surface area contributed by atoms with Crippen LogP contribution in [-0.4, -0.2) is 523 Å². The Kier molecular flexibility index (Phi) is 35.3. The van der Waals surface area contributed by atoms with E-state index in [-0.39, 0.29) is 0 Å². The zero-order chi connectivity index (χ0) is 90.9. The van der Waals surface area contributed by atoms with Crippen molar-refractivity contribution in [2.45, 2.75) is 341 Å². The van der Waals surface area contributed by atoms with E-state index in [2.05, 4.69) is 20.1 Å². The Hall–Kier alpha value is -4.01. The molecule has 0 unspecified atom stereocenters. The van der Waals surface area contributed by atoms with Gasteiger partial charge in [-0.2, -0.15) is 8.42 Å². The smallest absolute Gasteiger partial charge is 0.397 e. The van der Waals surface area contributed by atoms with Crippen LogP contribution in [0, 0.1) is 0 Å². The first-order chi connectivity index (χ1) is 57.8. The Morgan fingerprint density at radius 1 is 0.293 bits per heavy atom. The number of amides is 3. The highest BCUT2D eigenvalue weighted by molar-refractivity contribution is 7.80. The Bertz CT molecular complexity index is 3510. The third-order valence-corrected chi connectivity index (χ3v) is 22.6. The van der Waals surface area contributed by atoms with E-state index in [0.29, 0.717) is 0 Å². The summed E-state index contributed by atoms with van der Waals surface area (Å²) >= 11 is 0. The van der Waals surface area contributed by atoms with Gasteiger partial charge in [0.1, 0.15) is 226 Å². The molecule has 0 radical (unpaired) electrons. The van der Waals surface area contributed by atoms with Crippen molar-refractivity contribution < 1.29 is 259 Å². The van der Waals surface area contributed by atoms with Crippen LogP contribution in [0.25, 0.3) is 0 Å². The molecular weight excluding hydrogens is 1710 g/mol. The average Bonchev–Trinajstić information content (AvgIpc) is 0.940. The second-order valence-electron chi connectivity index (χ2n) is 30.8. The van der Waals surface area contributed by atoms with Crippen LogP contribution >= 0.6 is 0 Å². The number of aliphatic hydroxyl groups excluding tert-OH is 25. The van der Waals surface area contributed by atoms with Crippen molar-refractivity contribution in [1.82, 2.24) is 16.0 Å². The van der Waals surface area contributed by atoms with E-state index >= 15 is 0 Å². The molecule has 0 aliphatic carbocycles. The van der Waals surface area contributed by atoms with Gasteiger partial charge in [0.2, 0.25) is 17.7 Å². The normalized spacial score (nSPS) is 49.6. The van der Waals surface area contributed by atoms with Crippen LogP contribution in [0.5, 0.6) is 0 Å². The Balaban J connectivity index is 1.04. The molecule has 123 heavy (non-hydrogen) atoms. The predicted octanol–water partition coefficient (Wildman–Crippen LogP) is -20.4. The molecule has 30 N–H and O–H groups in total. The number of aliphatic carboxylic acids is 1. The summed E-state index contributed by atoms with van der Waals surface area (Å²) in [5.74, 6) is -4.96. The van der Waals surface area contributed by atoms with Crippen molar-refractivity contribution in [3.05, 3.63) is 0 Å². The van der Waals surface area contributed by atoms with Crippen LogP contribution in [0.4, 0.5) is 0 Å². The third-order valence-electron chi connectivity index (χ3n) is 22.2. The van der Waals surface area contributed by atoms with E-state index in [0.717, 1.165) is 27.7 Å². The molecule has 0 bridgehead atoms. The molecule has 0 aromatic heterocycles. The summed E-state index contributed by atoms with van der Waals surface area (Å²) in [5.41, 5.74) is 0. The van der Waals surface area contributed by atoms with Gasteiger partial charge >= 0.3 is 16.4 Å². The first-order valence-electron chi connectivity index (χ1n) is 38.5. The summed E-state index contributed by atoms with van der Waals surface area (Å²) in [5, 5.41) is 298. The maximum Gasteiger partial charge on any atom is 0.397 e. The Morgan fingerprint density at radius 3 is 1.11 bits per heavy atom. The van der Waals surface area contributed by atoms with Gasteiger partial charge in [0.15, 0.2) is 69.0 Å². The quantitative estimate of drug-likeness (QED) is 0.0287. The zero-order valence-corrected chi connectivity index (χ0v) is 66.2. The fourth-order valence-corrected chi connectivity index (χ4v) is 15.8. The molecule has 0 aromatic carbocycles. The molecule has 50 atom stereocenters. The maximum absolute atomic E-state index is 13.2. The number of nitrogens with one attached hydrogen (secondary N) is 3. The number of carboxylic acid groups (broad SMARTS) is 1. The Labute approximate surface area is 694 Å². The lowest BCUT2D eigenvalue weighted by Gasteiger charge is -2.53. The molecule has 10 fully saturated rings. The lowest BCUT2D eigenvalue weighted by Crippen LogP contribution is -2.71. The van der Waals surface area contributed by atoms with Crippen LogP contribution in [-0.2, 0) is 124 Å². The van der Waals surface area contributed by atoms with E-state index in [1.54, 1.807) is 0 Å². The molecule has 10 heterocycles. The molecule has 712 valence electrons. The topological polar surface area (TPSA) is 869 Å². The number of aliphatic hydroxyl groups is 25. The van der Waals surface area contributed by atoms with Gasteiger partial charge in [0, 0.05) is 20.8 Å². The van der Waals surface area contributed by atoms with Crippen molar-refractivity contribution >= 4 is 34.1 Å². The van der Waals surface area contributed by atoms with Crippen molar-refractivity contribution in [3.63, 3.8) is 0 Å². The van der Waals surface area contributed by atoms with Gasteiger partial charge in [-0.3, -0.25) is 18.9 Å². The molecule has 0 saturated carbocycles. The van der Waals surface area contributed by atoms with Gasteiger partial charge < -0.3 is 239 Å². The minimum atomic E-state index is -5.40. The summed E-state index contributed by atoms with van der Waals surface area (Å²) in [6.07, 6.45) is -105. The van der Waals surface area contributed by atoms with Crippen LogP contribution in [0.1, 0.15) is 34.6 Å². The standard InChI is InChI=1S/C66H109N3O53S/c1-13-28(78)35(85)41(91)60(105-13)116-50-26(68-16(4)76)58(113-24(34(50)84)12-104-123(100,101)102)103-11-23-33(83)49(25(57(99)107-23)67-15(3)75)118-66-55(122-61-42(92)36(86)29(79)14(2)106-61)54(121-65-46(96)52(32(82)20(8-72)110-65)119-64-44(94)38(88)39(89)53(120-64)56(97)98)48(22(10-74)112-66)115-63-45(95)40(90)47(21(9-73)111-63)114-59-27(69-17(5)77)51(31(81)19(7-71)108-59)117-62-43(93)37(87)30(80)18(6-70)109-62/h13-14,18-55,57-66,70-74,78-96,99H,6-12H2,1-5H3,(H,67,75)(H,68,76)(H,69,77)(H,97,98)(H,100,101,102)/t13-,14-,18+,19+,20+,21+,22+,23+,24+,25+,26+,27+,28+,29+,30-,31-,32-,33-,34+,35+,36+,37-,38-,39-,40+,41-,42-,43+,44+,45+,46-,47-,48-,49+,50+,51+,52-,53-,54-,55+,57-,58+,59+,60-,61-,62-,63-,64+,65-,66-/m0/s1. The number of hydrogen-bond acceptors (Lipinski definition) is 51. The van der Waals surface area contributed by atoms with Crippen LogP contribution in [0.15, 0.2) is 0 Å². The fraction of sp³-hybridized carbons (Fsp3) is 0.939. The molecule has 56 nitrogen and oxygen atoms in total. The number of rotatable bonds is 31. The van der Waals surface area contributed by atoms with Crippen molar-refractivity contribution in [1.29, 1.82) is 0 Å². The SMILES string of the molecule is CC(=O)N[C@@H]1[C@@H](O[C@@H]2O[C@H](CO)[C@H](O[C@@H]3O[C@H](CO)[C@H](O[C@H]4O[C@H](CO)[C@H](O)[C@H](O[C@@H]5O[C@H](CO)[C@H](O)[C@H](O)[C@H]5O)[C@H]4NC(C)=O)[C@H](O)[C@H]3O)[C@H](O[C@@H]3O[C@H](CO)[C@H](O)[C@H](O[C@@H]4O[C@H](C(=O)O)[C@@H](O)[C@H](O)[C@H]4O)[C@@H]3O)[C@H]2O[C@@H]2O[C@@H](C)[C@@H](O)[C@@H](O)[C@@H]2O)[C@@H](O)[C@@H](CO[C@@H]2O[C@H](COS(=O)(=O)O)[C@@H](O)[C@H](O[C@@H]3O[C@@H](C)[C@@H](O)[C@@H](O)[C@@H]3O)[C@H]2NC(C)=O)O[C@@H]1O. The minimum absolute atomic E-state index is 0.864. The second-order valence-corrected chi connectivity index (χ2v) is 31.9. The molecule has 10 rings (SSSR count). The van der Waals surface area contributed by atoms with E-state index in [1.807, 2.05) is 0 Å². The van der Waals surface area contributed by atoms with Crippen LogP contribution in [0.2, 0.25) is 0 Å². The van der Waals surface area contributed by atoms with E-state index in [9.17, 15) is 165 Å². The number of carbonyl (C=O) groups is 4. The summed E-state index contributed by atoms with van der Waals surface area (Å²) in [4.78, 5) is 51.5. The summed E-state index contributed by atoms with van der Waals surface area (Å²) < 4.78 is 151. The summed E-state index contributed by atoms with van der Waals surface area (Å²) in [7, 11) is -5.40. The molecule has 10 saturated heterocycles. The monoisotopic (exact) mass is 1820 g/mol. The minimum Gasteiger partial charge on any atom is -0.479 e. The third kappa shape index (κ3) is 22.6. The number of carbonyl (C=O) groups excluding carboxylic acids is 3.